The van der Waals surface area contributed by atoms with E-state index in [0.29, 0.717) is 32.6 Å². The molecular weight excluding hydrogens is 456 g/mol. The van der Waals surface area contributed by atoms with Gasteiger partial charge in [-0.05, 0) is 69.7 Å². The molecule has 0 aliphatic rings. The number of H-pyrrole nitrogens is 2. The van der Waals surface area contributed by atoms with E-state index in [1.54, 1.807) is 0 Å². The Balaban J connectivity index is 1.97. The van der Waals surface area contributed by atoms with E-state index in [9.17, 15) is 9.59 Å². The van der Waals surface area contributed by atoms with Gasteiger partial charge in [-0.2, -0.15) is 0 Å². The van der Waals surface area contributed by atoms with Crippen molar-refractivity contribution in [2.24, 2.45) is 0 Å². The third-order valence-corrected chi connectivity index (χ3v) is 7.56. The number of rotatable bonds is 0. The topological polar surface area (TPSA) is 65.7 Å². The van der Waals surface area contributed by atoms with Gasteiger partial charge in [0.2, 0.25) is 0 Å². The second-order valence-electron chi connectivity index (χ2n) is 13.8. The van der Waals surface area contributed by atoms with Gasteiger partial charge in [-0.3, -0.25) is 9.59 Å². The molecule has 0 aliphatic heterocycles. The molecule has 3 aromatic carbocycles. The van der Waals surface area contributed by atoms with E-state index < -0.39 is 0 Å². The SMILES string of the molecule is Cc1cc(C(C)(C)C)c2[nH]c3cc4c(=O)c5cc(C(C)(C)C)cc(C(C)(C)C)c5[nH]c4cc3c(=O)c2c1. The Bertz CT molecular complexity index is 1860. The molecule has 5 rings (SSSR count). The van der Waals surface area contributed by atoms with Gasteiger partial charge in [0.25, 0.3) is 0 Å². The molecule has 192 valence electrons. The van der Waals surface area contributed by atoms with E-state index in [4.69, 9.17) is 0 Å². The van der Waals surface area contributed by atoms with Crippen molar-refractivity contribution in [2.75, 3.05) is 0 Å². The number of aromatic amines is 2. The van der Waals surface area contributed by atoms with Crippen molar-refractivity contribution in [3.63, 3.8) is 0 Å². The molecule has 0 fully saturated rings. The number of nitrogens with one attached hydrogen (secondary N) is 2. The summed E-state index contributed by atoms with van der Waals surface area (Å²) in [5, 5.41) is 2.55. The van der Waals surface area contributed by atoms with E-state index in [0.717, 1.165) is 33.3 Å². The highest BCUT2D eigenvalue weighted by Crippen LogP contribution is 2.35. The molecule has 0 spiro atoms. The van der Waals surface area contributed by atoms with Crippen LogP contribution >= 0.6 is 0 Å². The van der Waals surface area contributed by atoms with E-state index in [-0.39, 0.29) is 27.1 Å². The average molecular weight is 495 g/mol. The lowest BCUT2D eigenvalue weighted by atomic mass is 9.79. The van der Waals surface area contributed by atoms with Gasteiger partial charge >= 0.3 is 0 Å². The first-order valence-electron chi connectivity index (χ1n) is 13.1. The first-order valence-corrected chi connectivity index (χ1v) is 13.1. The summed E-state index contributed by atoms with van der Waals surface area (Å²) in [6, 6.07) is 12.1. The van der Waals surface area contributed by atoms with Crippen LogP contribution in [0.4, 0.5) is 0 Å². The molecular formula is C33H38N2O2. The maximum Gasteiger partial charge on any atom is 0.197 e. The van der Waals surface area contributed by atoms with Crippen LogP contribution in [0.1, 0.15) is 84.6 Å². The summed E-state index contributed by atoms with van der Waals surface area (Å²) in [5.41, 5.74) is 7.04. The predicted molar refractivity (Wildman–Crippen MR) is 159 cm³/mol. The molecule has 5 aromatic rings. The molecule has 0 bridgehead atoms. The van der Waals surface area contributed by atoms with E-state index >= 15 is 0 Å². The fourth-order valence-electron chi connectivity index (χ4n) is 5.41. The highest BCUT2D eigenvalue weighted by molar-refractivity contribution is 6.04. The molecule has 2 aromatic heterocycles. The molecule has 4 heteroatoms. The van der Waals surface area contributed by atoms with Gasteiger partial charge in [-0.15, -0.1) is 0 Å². The second-order valence-corrected chi connectivity index (χ2v) is 13.8. The van der Waals surface area contributed by atoms with Crippen molar-refractivity contribution in [3.8, 4) is 0 Å². The summed E-state index contributed by atoms with van der Waals surface area (Å²) in [4.78, 5) is 34.9. The highest BCUT2D eigenvalue weighted by Gasteiger charge is 2.25. The van der Waals surface area contributed by atoms with Crippen molar-refractivity contribution in [1.82, 2.24) is 9.97 Å². The molecule has 0 amide bonds. The molecule has 4 nitrogen and oxygen atoms in total. The minimum absolute atomic E-state index is 0.0110. The lowest BCUT2D eigenvalue weighted by Gasteiger charge is -2.26. The van der Waals surface area contributed by atoms with Crippen LogP contribution in [-0.2, 0) is 16.2 Å². The number of aromatic nitrogens is 2. The Morgan fingerprint density at radius 3 is 1.38 bits per heavy atom. The Morgan fingerprint density at radius 2 is 0.946 bits per heavy atom. The van der Waals surface area contributed by atoms with Gasteiger partial charge in [0.05, 0.1) is 22.1 Å². The monoisotopic (exact) mass is 494 g/mol. The summed E-state index contributed by atoms with van der Waals surface area (Å²) in [5.74, 6) is 0. The Labute approximate surface area is 218 Å². The average Bonchev–Trinajstić information content (AvgIpc) is 2.76. The van der Waals surface area contributed by atoms with Gasteiger partial charge in [-0.25, -0.2) is 0 Å². The van der Waals surface area contributed by atoms with E-state index in [1.807, 2.05) is 31.2 Å². The van der Waals surface area contributed by atoms with Gasteiger partial charge < -0.3 is 9.97 Å². The van der Waals surface area contributed by atoms with Crippen LogP contribution in [0.5, 0.6) is 0 Å². The summed E-state index contributed by atoms with van der Waals surface area (Å²) < 4.78 is 0. The quantitative estimate of drug-likeness (QED) is 0.215. The lowest BCUT2D eigenvalue weighted by Crippen LogP contribution is -2.19. The third kappa shape index (κ3) is 4.07. The fraction of sp³-hybridized carbons (Fsp3) is 0.394. The number of aryl methyl sites for hydroxylation is 1. The van der Waals surface area contributed by atoms with E-state index in [1.165, 1.54) is 0 Å². The van der Waals surface area contributed by atoms with Crippen molar-refractivity contribution in [3.05, 3.63) is 79.1 Å². The predicted octanol–water partition coefficient (Wildman–Crippen LogP) is 7.88. The van der Waals surface area contributed by atoms with Crippen LogP contribution in [0.3, 0.4) is 0 Å². The highest BCUT2D eigenvalue weighted by atomic mass is 16.1. The Kier molecular flexibility index (Phi) is 5.33. The Morgan fingerprint density at radius 1 is 0.514 bits per heavy atom. The zero-order chi connectivity index (χ0) is 27.2. The second kappa shape index (κ2) is 7.80. The van der Waals surface area contributed by atoms with Crippen molar-refractivity contribution in [2.45, 2.75) is 85.5 Å². The van der Waals surface area contributed by atoms with Gasteiger partial charge in [0, 0.05) is 21.5 Å². The van der Waals surface area contributed by atoms with Crippen molar-refractivity contribution in [1.29, 1.82) is 0 Å². The van der Waals surface area contributed by atoms with Crippen LogP contribution < -0.4 is 10.9 Å². The number of pyridine rings is 2. The molecule has 0 atom stereocenters. The van der Waals surface area contributed by atoms with Crippen LogP contribution in [0, 0.1) is 6.92 Å². The van der Waals surface area contributed by atoms with Crippen molar-refractivity contribution >= 4 is 43.6 Å². The number of benzene rings is 3. The van der Waals surface area contributed by atoms with Gasteiger partial charge in [0.15, 0.2) is 10.9 Å². The number of hydrogen-bond acceptors (Lipinski definition) is 2. The summed E-state index contributed by atoms with van der Waals surface area (Å²) in [7, 11) is 0. The van der Waals surface area contributed by atoms with Crippen LogP contribution in [-0.4, -0.2) is 9.97 Å². The molecule has 2 N–H and O–H groups in total. The van der Waals surface area contributed by atoms with Crippen LogP contribution in [0.25, 0.3) is 43.6 Å². The van der Waals surface area contributed by atoms with Gasteiger partial charge in [-0.1, -0.05) is 74.4 Å². The maximum atomic E-state index is 14.0. The molecule has 0 unspecified atom stereocenters. The largest absolute Gasteiger partial charge is 0.354 e. The normalized spacial score (nSPS) is 13.4. The summed E-state index contributed by atoms with van der Waals surface area (Å²) in [6.07, 6.45) is 0. The summed E-state index contributed by atoms with van der Waals surface area (Å²) >= 11 is 0. The zero-order valence-corrected chi connectivity index (χ0v) is 23.8. The smallest absolute Gasteiger partial charge is 0.197 e. The lowest BCUT2D eigenvalue weighted by molar-refractivity contribution is 0.572. The summed E-state index contributed by atoms with van der Waals surface area (Å²) in [6.45, 7) is 21.5. The van der Waals surface area contributed by atoms with Gasteiger partial charge in [0.1, 0.15) is 0 Å². The van der Waals surface area contributed by atoms with Crippen LogP contribution in [0.15, 0.2) is 46.0 Å². The Hall–Kier alpha value is -3.40. The molecule has 37 heavy (non-hydrogen) atoms. The standard InChI is InChI=1S/C33H38N2O2/c1-17-11-21-27(23(12-17)32(5,6)7)34-25-16-20-26(15-19(25)29(21)36)35-28-22(30(20)37)13-18(31(2,3)4)14-24(28)33(8,9)10/h11-16H,1-10H3,(H,34,36)(H,35,37). The molecule has 0 saturated heterocycles. The van der Waals surface area contributed by atoms with Crippen molar-refractivity contribution < 1.29 is 0 Å². The first-order chi connectivity index (χ1) is 17.0. The first kappa shape index (κ1) is 25.3. The number of fused-ring (bicyclic) bond motifs is 4. The molecule has 0 radical (unpaired) electrons. The number of hydrogen-bond donors (Lipinski definition) is 2. The third-order valence-electron chi connectivity index (χ3n) is 7.56. The maximum absolute atomic E-state index is 14.0. The molecule has 0 aliphatic carbocycles. The van der Waals surface area contributed by atoms with E-state index in [2.05, 4.69) is 84.4 Å². The molecule has 0 saturated carbocycles. The van der Waals surface area contributed by atoms with Crippen LogP contribution in [0.2, 0.25) is 0 Å². The fourth-order valence-corrected chi connectivity index (χ4v) is 5.41. The minimum Gasteiger partial charge on any atom is -0.354 e. The zero-order valence-electron chi connectivity index (χ0n) is 23.8. The minimum atomic E-state index is -0.165. The molecule has 2 heterocycles.